The van der Waals surface area contributed by atoms with Crippen molar-refractivity contribution in [2.45, 2.75) is 116 Å². The summed E-state index contributed by atoms with van der Waals surface area (Å²) in [5.41, 5.74) is 35.7. The standard InChI is InChI=1S/C61H52N2OSSi.C55H48N2OSSi/c1-60(2)51-36-42(62(40-20-12-9-13-21-40)41-26-31-45(32-27-41)66(5,6)7)29-34-49(51)58-56(60)57-59(65-58)50-35-30-43(37-52(50)61(57,3)4)63(53-24-16-14-22-46(53)39-18-10-8-11-19-39)44-28-33-48-47-23-15-17-25-54(47)64-55(48)38-44;1-54(2)46-32-38(56(35-16-10-8-11-17-35)37-22-27-41(28-23-37)60(5,6)7)25-30-44(46)52-50(54)51-53(59-52)45-31-26-39(33-47(45)55(51,3)4)57(36-18-12-9-13-19-36)40-24-29-43-42-20-14-15-21-48(42)58-49(43)34-40/h8-38H,1-7H3;8-34H,1-7H3. The lowest BCUT2D eigenvalue weighted by Gasteiger charge is -2.31. The largest absolute Gasteiger partial charge is 0.456 e. The Labute approximate surface area is 749 Å². The lowest BCUT2D eigenvalue weighted by molar-refractivity contribution is 0.603. The molecule has 23 rings (SSSR count). The van der Waals surface area contributed by atoms with Gasteiger partial charge in [-0.1, -0.05) is 293 Å². The molecule has 0 amide bonds. The van der Waals surface area contributed by atoms with Crippen molar-refractivity contribution in [3.8, 4) is 52.9 Å². The van der Waals surface area contributed by atoms with Gasteiger partial charge in [-0.15, -0.1) is 22.7 Å². The molecule has 0 radical (unpaired) electrons. The fourth-order valence-electron chi connectivity index (χ4n) is 21.0. The van der Waals surface area contributed by atoms with Gasteiger partial charge in [0.2, 0.25) is 0 Å². The number of para-hydroxylation sites is 6. The summed E-state index contributed by atoms with van der Waals surface area (Å²) in [6.07, 6.45) is 0. The van der Waals surface area contributed by atoms with Gasteiger partial charge in [0, 0.05) is 143 Å². The zero-order chi connectivity index (χ0) is 86.2. The average Bonchev–Trinajstić information content (AvgIpc) is 1.52. The van der Waals surface area contributed by atoms with Crippen LogP contribution >= 0.6 is 22.7 Å². The quantitative estimate of drug-likeness (QED) is 0.0953. The summed E-state index contributed by atoms with van der Waals surface area (Å²) in [6, 6.07) is 129. The summed E-state index contributed by atoms with van der Waals surface area (Å²) in [7, 11) is -2.88. The van der Waals surface area contributed by atoms with Crippen LogP contribution in [0.5, 0.6) is 0 Å². The normalized spacial score (nSPS) is 14.4. The van der Waals surface area contributed by atoms with Gasteiger partial charge in [0.25, 0.3) is 0 Å². The third-order valence-electron chi connectivity index (χ3n) is 27.5. The summed E-state index contributed by atoms with van der Waals surface area (Å²) in [5, 5.41) is 7.48. The van der Waals surface area contributed by atoms with Gasteiger partial charge >= 0.3 is 0 Å². The molecule has 0 bridgehead atoms. The summed E-state index contributed by atoms with van der Waals surface area (Å²) < 4.78 is 12.9. The highest BCUT2D eigenvalue weighted by molar-refractivity contribution is 7.20. The van der Waals surface area contributed by atoms with Crippen LogP contribution in [0, 0.1) is 0 Å². The summed E-state index contributed by atoms with van der Waals surface area (Å²) in [4.78, 5) is 15.3. The van der Waals surface area contributed by atoms with E-state index in [-0.39, 0.29) is 21.7 Å². The Bertz CT molecular complexity index is 7550. The molecule has 4 aliphatic carbocycles. The number of benzene rings is 15. The second-order valence-corrected chi connectivity index (χ2v) is 51.0. The third-order valence-corrected chi connectivity index (χ3v) is 34.2. The molecular weight excluding hydrogens is 1600 g/mol. The second-order valence-electron chi connectivity index (χ2n) is 38.8. The van der Waals surface area contributed by atoms with Crippen LogP contribution in [0.3, 0.4) is 0 Å². The third kappa shape index (κ3) is 12.6. The van der Waals surface area contributed by atoms with Crippen LogP contribution < -0.4 is 30.0 Å². The van der Waals surface area contributed by atoms with E-state index in [2.05, 4.69) is 448 Å². The van der Waals surface area contributed by atoms with Crippen molar-refractivity contribution in [1.82, 2.24) is 0 Å². The Balaban J connectivity index is 0.000000150. The fraction of sp³-hybridized carbons (Fsp3) is 0.155. The average molecular weight is 1700 g/mol. The molecule has 616 valence electrons. The van der Waals surface area contributed by atoms with Crippen molar-refractivity contribution in [2.24, 2.45) is 0 Å². The Morgan fingerprint density at radius 1 is 0.222 bits per heavy atom. The van der Waals surface area contributed by atoms with E-state index in [0.29, 0.717) is 0 Å². The highest BCUT2D eigenvalue weighted by atomic mass is 32.1. The van der Waals surface area contributed by atoms with Crippen molar-refractivity contribution in [3.63, 3.8) is 0 Å². The first-order valence-corrected chi connectivity index (χ1v) is 52.9. The predicted molar refractivity (Wildman–Crippen MR) is 544 cm³/mol. The van der Waals surface area contributed by atoms with E-state index in [9.17, 15) is 0 Å². The van der Waals surface area contributed by atoms with E-state index >= 15 is 0 Å². The van der Waals surface area contributed by atoms with Gasteiger partial charge in [-0.25, -0.2) is 0 Å². The Morgan fingerprint density at radius 3 is 0.841 bits per heavy atom. The monoisotopic (exact) mass is 1700 g/mol. The Hall–Kier alpha value is -13.1. The van der Waals surface area contributed by atoms with Crippen LogP contribution in [-0.2, 0) is 21.7 Å². The molecule has 6 nitrogen and oxygen atoms in total. The van der Waals surface area contributed by atoms with Crippen molar-refractivity contribution < 1.29 is 8.83 Å². The number of fused-ring (bicyclic) bond motifs is 20. The number of hydrogen-bond donors (Lipinski definition) is 0. The van der Waals surface area contributed by atoms with Crippen LogP contribution in [0.2, 0.25) is 39.3 Å². The number of anilines is 12. The van der Waals surface area contributed by atoms with E-state index in [4.69, 9.17) is 8.83 Å². The first kappa shape index (κ1) is 78.9. The highest BCUT2D eigenvalue weighted by Crippen LogP contribution is 2.67. The molecule has 0 atom stereocenters. The van der Waals surface area contributed by atoms with Gasteiger partial charge in [-0.3, -0.25) is 0 Å². The molecule has 0 unspecified atom stereocenters. The molecule has 15 aromatic carbocycles. The van der Waals surface area contributed by atoms with E-state index in [0.717, 1.165) is 83.7 Å². The molecule has 19 aromatic rings. The van der Waals surface area contributed by atoms with Gasteiger partial charge in [0.15, 0.2) is 0 Å². The molecule has 10 heteroatoms. The molecule has 4 aliphatic rings. The zero-order valence-electron chi connectivity index (χ0n) is 73.9. The Kier molecular flexibility index (Phi) is 18.3. The topological polar surface area (TPSA) is 39.2 Å². The van der Waals surface area contributed by atoms with Crippen LogP contribution in [0.1, 0.15) is 99.9 Å². The molecule has 0 saturated carbocycles. The zero-order valence-corrected chi connectivity index (χ0v) is 77.5. The first-order valence-electron chi connectivity index (χ1n) is 44.3. The van der Waals surface area contributed by atoms with Crippen molar-refractivity contribution in [3.05, 3.63) is 396 Å². The molecule has 126 heavy (non-hydrogen) atoms. The lowest BCUT2D eigenvalue weighted by Crippen LogP contribution is -2.37. The fourth-order valence-corrected chi connectivity index (χ4v) is 26.8. The molecule has 4 heterocycles. The number of thiophene rings is 2. The molecule has 0 N–H and O–H groups in total. The molecule has 0 saturated heterocycles. The van der Waals surface area contributed by atoms with Crippen molar-refractivity contribution in [1.29, 1.82) is 0 Å². The minimum absolute atomic E-state index is 0.185. The first-order chi connectivity index (χ1) is 60.8. The van der Waals surface area contributed by atoms with Gasteiger partial charge < -0.3 is 28.4 Å². The number of hydrogen-bond acceptors (Lipinski definition) is 8. The van der Waals surface area contributed by atoms with Gasteiger partial charge in [0.1, 0.15) is 22.3 Å². The number of rotatable bonds is 15. The maximum atomic E-state index is 6.51. The van der Waals surface area contributed by atoms with E-state index in [1.807, 2.05) is 40.9 Å². The number of furan rings is 2. The van der Waals surface area contributed by atoms with Crippen LogP contribution in [-0.4, -0.2) is 16.1 Å². The highest BCUT2D eigenvalue weighted by Gasteiger charge is 2.51. The minimum Gasteiger partial charge on any atom is -0.456 e. The molecular formula is C116H100N4O2S2Si2. The molecule has 0 aliphatic heterocycles. The van der Waals surface area contributed by atoms with E-state index < -0.39 is 16.1 Å². The summed E-state index contributed by atoms with van der Waals surface area (Å²) in [5.74, 6) is 0. The maximum absolute atomic E-state index is 6.51. The lowest BCUT2D eigenvalue weighted by atomic mass is 9.74. The SMILES string of the molecule is CC1(C)c2cc(N(c3ccccc3)c3ccc([Si](C)(C)C)cc3)ccc2-c2sc3c(c21)C(C)(C)c1cc(N(c2ccc4c(c2)oc2ccccc24)c2ccccc2-c2ccccc2)ccc1-3.CC1(C)c2cc(N(c3ccccc3)c3ccc([Si](C)(C)C)cc3)ccc2-c2sc3c(c21)C(C)(C)c1cc(N(c2ccccc2)c2ccc4c(c2)oc2ccccc24)ccc1-3. The maximum Gasteiger partial charge on any atom is 0.137 e. The van der Waals surface area contributed by atoms with Crippen LogP contribution in [0.25, 0.3) is 96.8 Å². The van der Waals surface area contributed by atoms with Crippen molar-refractivity contribution >= 4 is 161 Å². The van der Waals surface area contributed by atoms with Crippen LogP contribution in [0.15, 0.2) is 361 Å². The number of nitrogens with zero attached hydrogens (tertiary/aromatic N) is 4. The van der Waals surface area contributed by atoms with Gasteiger partial charge in [-0.2, -0.15) is 0 Å². The van der Waals surface area contributed by atoms with E-state index in [1.54, 1.807) is 0 Å². The minimum atomic E-state index is -1.45. The molecule has 0 fully saturated rings. The summed E-state index contributed by atoms with van der Waals surface area (Å²) >= 11 is 3.97. The van der Waals surface area contributed by atoms with Crippen molar-refractivity contribution in [2.75, 3.05) is 19.6 Å². The smallest absolute Gasteiger partial charge is 0.137 e. The van der Waals surface area contributed by atoms with Gasteiger partial charge in [0.05, 0.1) is 21.8 Å². The summed E-state index contributed by atoms with van der Waals surface area (Å²) in [6.45, 7) is 34.0. The van der Waals surface area contributed by atoms with Crippen LogP contribution in [0.4, 0.5) is 68.2 Å². The Morgan fingerprint density at radius 2 is 0.484 bits per heavy atom. The molecule has 0 spiro atoms. The predicted octanol–water partition coefficient (Wildman–Crippen LogP) is 33.2. The second kappa shape index (κ2) is 29.3. The molecule has 4 aromatic heterocycles. The van der Waals surface area contributed by atoms with Gasteiger partial charge in [-0.05, 0) is 224 Å². The van der Waals surface area contributed by atoms with E-state index in [1.165, 1.54) is 136 Å².